The summed E-state index contributed by atoms with van der Waals surface area (Å²) in [6.45, 7) is 0. The molecule has 0 aliphatic heterocycles. The molecule has 0 unspecified atom stereocenters. The molecule has 0 atom stereocenters. The number of nitrogens with zero attached hydrogens (tertiary/aromatic N) is 4. The van der Waals surface area contributed by atoms with Crippen molar-refractivity contribution in [3.63, 3.8) is 0 Å². The molecule has 5 nitrogen and oxygen atoms in total. The second-order valence-electron chi connectivity index (χ2n) is 4.74. The molecule has 0 aliphatic rings. The second kappa shape index (κ2) is 5.29. The van der Waals surface area contributed by atoms with Gasteiger partial charge in [0.25, 0.3) is 0 Å². The third-order valence-corrected chi connectivity index (χ3v) is 3.36. The minimum Gasteiger partial charge on any atom is -0.444 e. The van der Waals surface area contributed by atoms with E-state index >= 15 is 0 Å². The van der Waals surface area contributed by atoms with Crippen LogP contribution in [-0.4, -0.2) is 19.7 Å². The normalized spacial score (nSPS) is 10.7. The SMILES string of the molecule is c1ccc(-c2cnn(-c3ccccc3-c3ncco3)c2)nc1. The largest absolute Gasteiger partial charge is 0.444 e. The maximum atomic E-state index is 5.41. The Balaban J connectivity index is 1.80. The summed E-state index contributed by atoms with van der Waals surface area (Å²) in [5.41, 5.74) is 3.65. The zero-order chi connectivity index (χ0) is 14.8. The highest BCUT2D eigenvalue weighted by atomic mass is 16.3. The van der Waals surface area contributed by atoms with E-state index in [1.54, 1.807) is 24.9 Å². The van der Waals surface area contributed by atoms with E-state index in [1.807, 2.05) is 53.3 Å². The van der Waals surface area contributed by atoms with E-state index in [0.29, 0.717) is 5.89 Å². The molecule has 0 bridgehead atoms. The lowest BCUT2D eigenvalue weighted by atomic mass is 10.2. The van der Waals surface area contributed by atoms with E-state index in [-0.39, 0.29) is 0 Å². The number of benzene rings is 1. The molecule has 5 heteroatoms. The van der Waals surface area contributed by atoms with Gasteiger partial charge in [-0.05, 0) is 24.3 Å². The third kappa shape index (κ3) is 2.18. The summed E-state index contributed by atoms with van der Waals surface area (Å²) < 4.78 is 7.22. The predicted molar refractivity (Wildman–Crippen MR) is 82.3 cm³/mol. The summed E-state index contributed by atoms with van der Waals surface area (Å²) in [7, 11) is 0. The van der Waals surface area contributed by atoms with Crippen LogP contribution in [0.15, 0.2) is 77.9 Å². The molecule has 0 amide bonds. The quantitative estimate of drug-likeness (QED) is 0.578. The van der Waals surface area contributed by atoms with Crippen molar-refractivity contribution >= 4 is 0 Å². The maximum Gasteiger partial charge on any atom is 0.228 e. The Morgan fingerprint density at radius 2 is 1.82 bits per heavy atom. The first-order valence-corrected chi connectivity index (χ1v) is 6.87. The third-order valence-electron chi connectivity index (χ3n) is 3.36. The molecule has 0 saturated carbocycles. The standard InChI is InChI=1S/C17H12N4O/c1-2-7-16(14(5-1)17-19-9-10-22-17)21-12-13(11-20-21)15-6-3-4-8-18-15/h1-12H. The average Bonchev–Trinajstić information content (AvgIpc) is 3.28. The van der Waals surface area contributed by atoms with E-state index in [0.717, 1.165) is 22.5 Å². The van der Waals surface area contributed by atoms with Gasteiger partial charge in [0, 0.05) is 18.0 Å². The topological polar surface area (TPSA) is 56.7 Å². The minimum absolute atomic E-state index is 0.575. The molecule has 3 aromatic heterocycles. The first-order chi connectivity index (χ1) is 10.9. The monoisotopic (exact) mass is 288 g/mol. The van der Waals surface area contributed by atoms with Crippen LogP contribution in [0.5, 0.6) is 0 Å². The van der Waals surface area contributed by atoms with E-state index in [2.05, 4.69) is 15.1 Å². The van der Waals surface area contributed by atoms with Crippen LogP contribution in [0, 0.1) is 0 Å². The summed E-state index contributed by atoms with van der Waals surface area (Å²) in [6.07, 6.45) is 8.72. The number of oxazole rings is 1. The van der Waals surface area contributed by atoms with E-state index in [4.69, 9.17) is 4.42 Å². The van der Waals surface area contributed by atoms with Gasteiger partial charge in [0.2, 0.25) is 5.89 Å². The van der Waals surface area contributed by atoms with Crippen molar-refractivity contribution in [2.24, 2.45) is 0 Å². The molecule has 0 N–H and O–H groups in total. The van der Waals surface area contributed by atoms with Gasteiger partial charge in [0.15, 0.2) is 0 Å². The number of para-hydroxylation sites is 1. The Morgan fingerprint density at radius 3 is 2.64 bits per heavy atom. The van der Waals surface area contributed by atoms with Gasteiger partial charge in [0.05, 0.1) is 29.3 Å². The lowest BCUT2D eigenvalue weighted by Crippen LogP contribution is -1.97. The van der Waals surface area contributed by atoms with Gasteiger partial charge < -0.3 is 4.42 Å². The first kappa shape index (κ1) is 12.5. The van der Waals surface area contributed by atoms with E-state index in [9.17, 15) is 0 Å². The molecule has 0 saturated heterocycles. The number of rotatable bonds is 3. The number of aromatic nitrogens is 4. The van der Waals surface area contributed by atoms with Gasteiger partial charge in [0.1, 0.15) is 6.26 Å². The van der Waals surface area contributed by atoms with Gasteiger partial charge in [-0.2, -0.15) is 5.10 Å². The average molecular weight is 288 g/mol. The van der Waals surface area contributed by atoms with Crippen molar-refractivity contribution in [2.45, 2.75) is 0 Å². The highest BCUT2D eigenvalue weighted by Crippen LogP contribution is 2.26. The van der Waals surface area contributed by atoms with Crippen molar-refractivity contribution in [2.75, 3.05) is 0 Å². The van der Waals surface area contributed by atoms with Gasteiger partial charge in [-0.1, -0.05) is 18.2 Å². The molecule has 4 rings (SSSR count). The Kier molecular flexibility index (Phi) is 3.01. The maximum absolute atomic E-state index is 5.41. The summed E-state index contributed by atoms with van der Waals surface area (Å²) in [4.78, 5) is 8.56. The Labute approximate surface area is 126 Å². The Hall–Kier alpha value is -3.21. The van der Waals surface area contributed by atoms with Crippen LogP contribution in [0.4, 0.5) is 0 Å². The van der Waals surface area contributed by atoms with Crippen LogP contribution in [-0.2, 0) is 0 Å². The molecule has 4 aromatic rings. The van der Waals surface area contributed by atoms with Crippen LogP contribution in [0.1, 0.15) is 0 Å². The van der Waals surface area contributed by atoms with E-state index in [1.165, 1.54) is 0 Å². The highest BCUT2D eigenvalue weighted by molar-refractivity contribution is 5.67. The second-order valence-corrected chi connectivity index (χ2v) is 4.74. The lowest BCUT2D eigenvalue weighted by Gasteiger charge is -2.06. The van der Waals surface area contributed by atoms with Crippen LogP contribution >= 0.6 is 0 Å². The molecule has 106 valence electrons. The summed E-state index contributed by atoms with van der Waals surface area (Å²) >= 11 is 0. The number of hydrogen-bond donors (Lipinski definition) is 0. The van der Waals surface area contributed by atoms with Crippen molar-refractivity contribution in [1.29, 1.82) is 0 Å². The minimum atomic E-state index is 0.575. The smallest absolute Gasteiger partial charge is 0.228 e. The molecule has 1 aromatic carbocycles. The zero-order valence-corrected chi connectivity index (χ0v) is 11.6. The number of hydrogen-bond acceptors (Lipinski definition) is 4. The fourth-order valence-electron chi connectivity index (χ4n) is 2.33. The van der Waals surface area contributed by atoms with Gasteiger partial charge in [-0.3, -0.25) is 4.98 Å². The van der Waals surface area contributed by atoms with Crippen molar-refractivity contribution < 1.29 is 4.42 Å². The molecule has 22 heavy (non-hydrogen) atoms. The van der Waals surface area contributed by atoms with Crippen LogP contribution in [0.25, 0.3) is 28.4 Å². The van der Waals surface area contributed by atoms with Gasteiger partial charge in [-0.15, -0.1) is 0 Å². The van der Waals surface area contributed by atoms with E-state index < -0.39 is 0 Å². The molecular weight excluding hydrogens is 276 g/mol. The molecule has 3 heterocycles. The first-order valence-electron chi connectivity index (χ1n) is 6.87. The number of pyridine rings is 1. The summed E-state index contributed by atoms with van der Waals surface area (Å²) in [5, 5.41) is 4.44. The van der Waals surface area contributed by atoms with Crippen molar-refractivity contribution in [3.8, 4) is 28.4 Å². The Morgan fingerprint density at radius 1 is 0.909 bits per heavy atom. The summed E-state index contributed by atoms with van der Waals surface area (Å²) in [5.74, 6) is 0.575. The molecule has 0 fully saturated rings. The van der Waals surface area contributed by atoms with Crippen LogP contribution in [0.2, 0.25) is 0 Å². The molecule has 0 radical (unpaired) electrons. The van der Waals surface area contributed by atoms with Crippen molar-refractivity contribution in [3.05, 3.63) is 73.5 Å². The fourth-order valence-corrected chi connectivity index (χ4v) is 2.33. The molecule has 0 spiro atoms. The lowest BCUT2D eigenvalue weighted by molar-refractivity contribution is 0.574. The Bertz CT molecular complexity index is 882. The summed E-state index contributed by atoms with van der Waals surface area (Å²) in [6, 6.07) is 13.7. The zero-order valence-electron chi connectivity index (χ0n) is 11.6. The van der Waals surface area contributed by atoms with Gasteiger partial charge in [-0.25, -0.2) is 9.67 Å². The fraction of sp³-hybridized carbons (Fsp3) is 0. The van der Waals surface area contributed by atoms with Crippen molar-refractivity contribution in [1.82, 2.24) is 19.7 Å². The molecular formula is C17H12N4O. The van der Waals surface area contributed by atoms with Crippen LogP contribution in [0.3, 0.4) is 0 Å². The van der Waals surface area contributed by atoms with Crippen LogP contribution < -0.4 is 0 Å². The highest BCUT2D eigenvalue weighted by Gasteiger charge is 2.12. The van der Waals surface area contributed by atoms with Gasteiger partial charge >= 0.3 is 0 Å². The molecule has 0 aliphatic carbocycles. The predicted octanol–water partition coefficient (Wildman–Crippen LogP) is 3.59.